The van der Waals surface area contributed by atoms with Gasteiger partial charge in [-0.3, -0.25) is 14.4 Å². The van der Waals surface area contributed by atoms with Gasteiger partial charge in [-0.15, -0.1) is 0 Å². The number of rotatable bonds is 6. The zero-order chi connectivity index (χ0) is 23.8. The molecule has 1 fully saturated rings. The molecule has 1 N–H and O–H groups in total. The quantitative estimate of drug-likeness (QED) is 0.511. The fourth-order valence-corrected chi connectivity index (χ4v) is 7.00. The lowest BCUT2D eigenvalue weighted by Gasteiger charge is -2.27. The predicted octanol–water partition coefficient (Wildman–Crippen LogP) is 3.70. The number of benzene rings is 2. The van der Waals surface area contributed by atoms with E-state index in [-0.39, 0.29) is 23.6 Å². The van der Waals surface area contributed by atoms with Crippen LogP contribution in [-0.2, 0) is 30.6 Å². The van der Waals surface area contributed by atoms with Gasteiger partial charge in [0, 0.05) is 17.7 Å². The van der Waals surface area contributed by atoms with Crippen molar-refractivity contribution in [3.05, 3.63) is 58.7 Å². The van der Waals surface area contributed by atoms with Crippen LogP contribution < -0.4 is 5.32 Å². The number of nitrogens with one attached hydrogen (secondary N) is 1. The minimum absolute atomic E-state index is 0.0672. The van der Waals surface area contributed by atoms with Gasteiger partial charge in [0.05, 0.1) is 4.90 Å². The van der Waals surface area contributed by atoms with Crippen molar-refractivity contribution in [2.45, 2.75) is 62.0 Å². The minimum Gasteiger partial charge on any atom is -0.456 e. The molecule has 2 aromatic carbocycles. The molecule has 1 saturated carbocycles. The largest absolute Gasteiger partial charge is 0.456 e. The standard InChI is InChI=1S/C25H27NO6S/c1-16-5-6-17(2)22(13-16)33(30,31)25(11-3-4-12-25)24(29)32-15-21(27)19-7-9-20-18(14-19)8-10-23(28)26-20/h5-7,9,13-14H,3-4,8,10-12,15H2,1-2H3,(H,26,28). The summed E-state index contributed by atoms with van der Waals surface area (Å²) in [7, 11) is -4.01. The van der Waals surface area contributed by atoms with Crippen LogP contribution in [0.25, 0.3) is 0 Å². The number of carbonyl (C=O) groups is 3. The van der Waals surface area contributed by atoms with E-state index in [0.717, 1.165) is 11.1 Å². The molecule has 0 spiro atoms. The Morgan fingerprint density at radius 3 is 2.48 bits per heavy atom. The summed E-state index contributed by atoms with van der Waals surface area (Å²) in [6, 6.07) is 10.1. The number of hydrogen-bond donors (Lipinski definition) is 1. The van der Waals surface area contributed by atoms with Gasteiger partial charge in [0.15, 0.2) is 27.0 Å². The SMILES string of the molecule is Cc1ccc(C)c(S(=O)(=O)C2(C(=O)OCC(=O)c3ccc4c(c3)CCC(=O)N4)CCCC2)c1. The Bertz CT molecular complexity index is 1240. The Kier molecular flexibility index (Phi) is 6.14. The Balaban J connectivity index is 1.54. The summed E-state index contributed by atoms with van der Waals surface area (Å²) in [6.45, 7) is 2.98. The summed E-state index contributed by atoms with van der Waals surface area (Å²) < 4.78 is 31.0. The average Bonchev–Trinajstić information content (AvgIpc) is 3.30. The average molecular weight is 470 g/mol. The molecular weight excluding hydrogens is 442 g/mol. The van der Waals surface area contributed by atoms with Crippen molar-refractivity contribution in [1.29, 1.82) is 0 Å². The fraction of sp³-hybridized carbons (Fsp3) is 0.400. The van der Waals surface area contributed by atoms with Gasteiger partial charge in [0.2, 0.25) is 5.91 Å². The first kappa shape index (κ1) is 23.2. The van der Waals surface area contributed by atoms with Gasteiger partial charge in [0.25, 0.3) is 0 Å². The molecular formula is C25H27NO6S. The topological polar surface area (TPSA) is 107 Å². The van der Waals surface area contributed by atoms with Gasteiger partial charge in [-0.25, -0.2) is 8.42 Å². The van der Waals surface area contributed by atoms with Gasteiger partial charge in [-0.2, -0.15) is 0 Å². The molecule has 1 aliphatic heterocycles. The van der Waals surface area contributed by atoms with Crippen LogP contribution in [-0.4, -0.2) is 37.4 Å². The third-order valence-electron chi connectivity index (χ3n) is 6.59. The molecule has 4 rings (SSSR count). The first-order valence-corrected chi connectivity index (χ1v) is 12.6. The smallest absolute Gasteiger partial charge is 0.328 e. The van der Waals surface area contributed by atoms with Gasteiger partial charge < -0.3 is 10.1 Å². The van der Waals surface area contributed by atoms with Crippen molar-refractivity contribution in [3.8, 4) is 0 Å². The highest BCUT2D eigenvalue weighted by atomic mass is 32.2. The highest BCUT2D eigenvalue weighted by Gasteiger charge is 2.54. The number of amides is 1. The second kappa shape index (κ2) is 8.74. The highest BCUT2D eigenvalue weighted by molar-refractivity contribution is 7.93. The van der Waals surface area contributed by atoms with Crippen LogP contribution in [0.4, 0.5) is 5.69 Å². The Hall–Kier alpha value is -3.00. The summed E-state index contributed by atoms with van der Waals surface area (Å²) in [6.07, 6.45) is 2.42. The number of anilines is 1. The van der Waals surface area contributed by atoms with Crippen LogP contribution in [0.2, 0.25) is 0 Å². The van der Waals surface area contributed by atoms with Crippen LogP contribution >= 0.6 is 0 Å². The van der Waals surface area contributed by atoms with Crippen molar-refractivity contribution in [1.82, 2.24) is 0 Å². The molecule has 174 valence electrons. The second-order valence-corrected chi connectivity index (χ2v) is 11.1. The van der Waals surface area contributed by atoms with E-state index in [4.69, 9.17) is 4.74 Å². The number of aryl methyl sites for hydroxylation is 3. The van der Waals surface area contributed by atoms with E-state index in [1.54, 1.807) is 44.2 Å². The Morgan fingerprint density at radius 2 is 1.76 bits per heavy atom. The molecule has 2 aliphatic rings. The van der Waals surface area contributed by atoms with E-state index in [1.807, 2.05) is 6.07 Å². The van der Waals surface area contributed by atoms with Crippen LogP contribution in [0, 0.1) is 13.8 Å². The number of esters is 1. The number of sulfone groups is 1. The molecule has 8 heteroatoms. The molecule has 1 aliphatic carbocycles. The zero-order valence-electron chi connectivity index (χ0n) is 18.8. The summed E-state index contributed by atoms with van der Waals surface area (Å²) in [4.78, 5) is 37.6. The monoisotopic (exact) mass is 469 g/mol. The number of Topliss-reactive ketones (excluding diaryl/α,β-unsaturated/α-hetero) is 1. The summed E-state index contributed by atoms with van der Waals surface area (Å²) in [5.41, 5.74) is 3.24. The highest BCUT2D eigenvalue weighted by Crippen LogP contribution is 2.42. The zero-order valence-corrected chi connectivity index (χ0v) is 19.6. The maximum Gasteiger partial charge on any atom is 0.328 e. The van der Waals surface area contributed by atoms with E-state index < -0.39 is 32.9 Å². The Labute approximate surface area is 193 Å². The number of carbonyl (C=O) groups excluding carboxylic acids is 3. The van der Waals surface area contributed by atoms with E-state index in [0.29, 0.717) is 42.5 Å². The van der Waals surface area contributed by atoms with Crippen LogP contribution in [0.5, 0.6) is 0 Å². The maximum absolute atomic E-state index is 13.7. The van der Waals surface area contributed by atoms with Gasteiger partial charge in [-0.1, -0.05) is 25.0 Å². The van der Waals surface area contributed by atoms with E-state index in [2.05, 4.69) is 5.32 Å². The minimum atomic E-state index is -4.01. The van der Waals surface area contributed by atoms with E-state index >= 15 is 0 Å². The maximum atomic E-state index is 13.7. The third kappa shape index (κ3) is 4.19. The van der Waals surface area contributed by atoms with E-state index in [9.17, 15) is 22.8 Å². The van der Waals surface area contributed by atoms with Crippen LogP contribution in [0.15, 0.2) is 41.3 Å². The molecule has 33 heavy (non-hydrogen) atoms. The normalized spacial score (nSPS) is 17.2. The molecule has 0 unspecified atom stereocenters. The first-order chi connectivity index (χ1) is 15.6. The molecule has 0 radical (unpaired) electrons. The number of ketones is 1. The third-order valence-corrected chi connectivity index (χ3v) is 9.21. The van der Waals surface area contributed by atoms with Crippen molar-refractivity contribution in [2.75, 3.05) is 11.9 Å². The van der Waals surface area contributed by atoms with Gasteiger partial charge >= 0.3 is 5.97 Å². The second-order valence-electron chi connectivity index (χ2n) is 8.89. The number of fused-ring (bicyclic) bond motifs is 1. The molecule has 1 amide bonds. The fourth-order valence-electron chi connectivity index (χ4n) is 4.64. The molecule has 0 saturated heterocycles. The Morgan fingerprint density at radius 1 is 1.03 bits per heavy atom. The van der Waals surface area contributed by atoms with Crippen LogP contribution in [0.1, 0.15) is 59.2 Å². The summed E-state index contributed by atoms with van der Waals surface area (Å²) >= 11 is 0. The molecule has 0 bridgehead atoms. The summed E-state index contributed by atoms with van der Waals surface area (Å²) in [5, 5.41) is 2.76. The first-order valence-electron chi connectivity index (χ1n) is 11.1. The number of hydrogen-bond acceptors (Lipinski definition) is 6. The van der Waals surface area contributed by atoms with Gasteiger partial charge in [0.1, 0.15) is 0 Å². The molecule has 0 atom stereocenters. The van der Waals surface area contributed by atoms with E-state index in [1.165, 1.54) is 0 Å². The lowest BCUT2D eigenvalue weighted by Crippen LogP contribution is -2.46. The predicted molar refractivity (Wildman–Crippen MR) is 123 cm³/mol. The molecule has 1 heterocycles. The molecule has 7 nitrogen and oxygen atoms in total. The summed E-state index contributed by atoms with van der Waals surface area (Å²) in [5.74, 6) is -1.35. The van der Waals surface area contributed by atoms with Crippen LogP contribution in [0.3, 0.4) is 0 Å². The van der Waals surface area contributed by atoms with Gasteiger partial charge in [-0.05, 0) is 74.1 Å². The lowest BCUT2D eigenvalue weighted by atomic mass is 9.99. The van der Waals surface area contributed by atoms with Crippen molar-refractivity contribution in [2.24, 2.45) is 0 Å². The lowest BCUT2D eigenvalue weighted by molar-refractivity contribution is -0.145. The van der Waals surface area contributed by atoms with Crippen molar-refractivity contribution >= 4 is 33.2 Å². The van der Waals surface area contributed by atoms with Crippen molar-refractivity contribution < 1.29 is 27.5 Å². The molecule has 2 aromatic rings. The van der Waals surface area contributed by atoms with Crippen molar-refractivity contribution in [3.63, 3.8) is 0 Å². The molecule has 0 aromatic heterocycles. The number of ether oxygens (including phenoxy) is 1.